The highest BCUT2D eigenvalue weighted by Crippen LogP contribution is 2.32. The van der Waals surface area contributed by atoms with Gasteiger partial charge in [0.1, 0.15) is 17.9 Å². The molecule has 0 aliphatic carbocycles. The Bertz CT molecular complexity index is 746. The van der Waals surface area contributed by atoms with E-state index in [0.29, 0.717) is 0 Å². The molecule has 1 unspecified atom stereocenters. The lowest BCUT2D eigenvalue weighted by Crippen LogP contribution is -2.22. The number of rotatable bonds is 2. The van der Waals surface area contributed by atoms with Gasteiger partial charge in [-0.3, -0.25) is 9.78 Å². The van der Waals surface area contributed by atoms with Gasteiger partial charge in [0, 0.05) is 23.3 Å². The highest BCUT2D eigenvalue weighted by atomic mass is 16.5. The fourth-order valence-electron chi connectivity index (χ4n) is 2.39. The molecule has 1 aliphatic rings. The van der Waals surface area contributed by atoms with Crippen molar-refractivity contribution in [3.05, 3.63) is 54.1 Å². The van der Waals surface area contributed by atoms with Crippen molar-refractivity contribution in [1.82, 2.24) is 4.98 Å². The van der Waals surface area contributed by atoms with Crippen molar-refractivity contribution in [2.45, 2.75) is 12.5 Å². The number of hydrogen-bond donors (Lipinski definition) is 0. The van der Waals surface area contributed by atoms with E-state index in [9.17, 15) is 9.59 Å². The molecule has 106 valence electrons. The van der Waals surface area contributed by atoms with Crippen LogP contribution in [0, 0.1) is 0 Å². The minimum Gasteiger partial charge on any atom is -0.492 e. The lowest BCUT2D eigenvalue weighted by Gasteiger charge is -2.22. The van der Waals surface area contributed by atoms with Crippen LogP contribution in [0.1, 0.15) is 18.1 Å². The van der Waals surface area contributed by atoms with E-state index in [2.05, 4.69) is 9.72 Å². The lowest BCUT2D eigenvalue weighted by molar-refractivity contribution is -0.139. The molecule has 0 saturated heterocycles. The molecule has 21 heavy (non-hydrogen) atoms. The molecule has 0 saturated carbocycles. The molecular weight excluding hydrogens is 270 g/mol. The number of benzene rings is 1. The number of esters is 1. The van der Waals surface area contributed by atoms with E-state index in [1.807, 2.05) is 24.3 Å². The number of carbonyl (C=O) groups excluding carboxylic acids is 2. The van der Waals surface area contributed by atoms with Gasteiger partial charge < -0.3 is 9.47 Å². The number of fused-ring (bicyclic) bond motifs is 1. The van der Waals surface area contributed by atoms with E-state index < -0.39 is 12.1 Å². The van der Waals surface area contributed by atoms with Crippen LogP contribution in [0.15, 0.2) is 48.5 Å². The first-order chi connectivity index (χ1) is 10.2. The normalized spacial score (nSPS) is 18.0. The summed E-state index contributed by atoms with van der Waals surface area (Å²) in [6, 6.07) is 7.76. The topological polar surface area (TPSA) is 65.5 Å². The van der Waals surface area contributed by atoms with Crippen LogP contribution in [0.3, 0.4) is 0 Å². The van der Waals surface area contributed by atoms with Crippen molar-refractivity contribution in [3.8, 4) is 0 Å². The summed E-state index contributed by atoms with van der Waals surface area (Å²) in [4.78, 5) is 27.7. The van der Waals surface area contributed by atoms with Gasteiger partial charge in [0.05, 0.1) is 13.5 Å². The van der Waals surface area contributed by atoms with Crippen molar-refractivity contribution >= 4 is 22.5 Å². The molecule has 1 aromatic heterocycles. The molecule has 1 aliphatic heterocycles. The third-order valence-electron chi connectivity index (χ3n) is 3.47. The van der Waals surface area contributed by atoms with Gasteiger partial charge in [-0.1, -0.05) is 24.3 Å². The first-order valence-corrected chi connectivity index (χ1v) is 6.50. The van der Waals surface area contributed by atoms with Crippen LogP contribution in [0.2, 0.25) is 0 Å². The summed E-state index contributed by atoms with van der Waals surface area (Å²) in [7, 11) is 1.23. The van der Waals surface area contributed by atoms with E-state index in [-0.39, 0.29) is 17.8 Å². The van der Waals surface area contributed by atoms with E-state index in [0.717, 1.165) is 16.3 Å². The maximum atomic E-state index is 12.0. The zero-order valence-electron chi connectivity index (χ0n) is 11.4. The molecule has 0 spiro atoms. The molecule has 5 nitrogen and oxygen atoms in total. The maximum Gasteiger partial charge on any atom is 0.344 e. The van der Waals surface area contributed by atoms with Crippen LogP contribution >= 0.6 is 0 Å². The number of pyridine rings is 1. The Kier molecular flexibility index (Phi) is 3.39. The van der Waals surface area contributed by atoms with Crippen LogP contribution in [0.25, 0.3) is 10.8 Å². The maximum absolute atomic E-state index is 12.0. The van der Waals surface area contributed by atoms with Gasteiger partial charge in [-0.05, 0) is 5.39 Å². The van der Waals surface area contributed by atoms with Gasteiger partial charge in [0.25, 0.3) is 0 Å². The van der Waals surface area contributed by atoms with Crippen molar-refractivity contribution in [2.75, 3.05) is 7.11 Å². The highest BCUT2D eigenvalue weighted by Gasteiger charge is 2.30. The molecule has 0 bridgehead atoms. The number of aromatic nitrogens is 1. The molecule has 0 radical (unpaired) electrons. The van der Waals surface area contributed by atoms with Gasteiger partial charge in [-0.2, -0.15) is 0 Å². The minimum absolute atomic E-state index is 0.0538. The average molecular weight is 283 g/mol. The molecule has 3 rings (SSSR count). The smallest absolute Gasteiger partial charge is 0.344 e. The van der Waals surface area contributed by atoms with E-state index in [1.54, 1.807) is 12.4 Å². The quantitative estimate of drug-likeness (QED) is 0.625. The Morgan fingerprint density at radius 2 is 2.14 bits per heavy atom. The molecular formula is C16H13NO4. The van der Waals surface area contributed by atoms with Crippen LogP contribution in [-0.4, -0.2) is 23.8 Å². The monoisotopic (exact) mass is 283 g/mol. The second-order valence-corrected chi connectivity index (χ2v) is 4.72. The Morgan fingerprint density at radius 3 is 2.90 bits per heavy atom. The van der Waals surface area contributed by atoms with E-state index >= 15 is 0 Å². The molecule has 2 heterocycles. The predicted octanol–water partition coefficient (Wildman–Crippen LogP) is 2.32. The molecule has 0 N–H and O–H groups in total. The van der Waals surface area contributed by atoms with Crippen molar-refractivity contribution < 1.29 is 19.1 Å². The van der Waals surface area contributed by atoms with Gasteiger partial charge in [0.2, 0.25) is 0 Å². The molecule has 0 fully saturated rings. The third kappa shape index (κ3) is 2.38. The lowest BCUT2D eigenvalue weighted by atomic mass is 9.96. The number of ketones is 1. The van der Waals surface area contributed by atoms with Gasteiger partial charge in [-0.25, -0.2) is 4.79 Å². The van der Waals surface area contributed by atoms with Crippen molar-refractivity contribution in [2.24, 2.45) is 0 Å². The van der Waals surface area contributed by atoms with Gasteiger partial charge in [0.15, 0.2) is 5.78 Å². The molecule has 5 heteroatoms. The Hall–Kier alpha value is -2.69. The summed E-state index contributed by atoms with van der Waals surface area (Å²) < 4.78 is 10.1. The fourth-order valence-corrected chi connectivity index (χ4v) is 2.39. The van der Waals surface area contributed by atoms with Crippen molar-refractivity contribution in [3.63, 3.8) is 0 Å². The number of ether oxygens (including phenoxy) is 2. The van der Waals surface area contributed by atoms with E-state index in [4.69, 9.17) is 4.74 Å². The Morgan fingerprint density at radius 1 is 1.33 bits per heavy atom. The second-order valence-electron chi connectivity index (χ2n) is 4.72. The van der Waals surface area contributed by atoms with Crippen molar-refractivity contribution in [1.29, 1.82) is 0 Å². The summed E-state index contributed by atoms with van der Waals surface area (Å²) in [5, 5.41) is 1.97. The summed E-state index contributed by atoms with van der Waals surface area (Å²) in [6.45, 7) is 0. The molecule has 2 aromatic rings. The Balaban J connectivity index is 1.97. The number of carbonyl (C=O) groups is 2. The van der Waals surface area contributed by atoms with Gasteiger partial charge >= 0.3 is 5.97 Å². The predicted molar refractivity (Wildman–Crippen MR) is 75.3 cm³/mol. The largest absolute Gasteiger partial charge is 0.492 e. The average Bonchev–Trinajstić information content (AvgIpc) is 2.53. The molecule has 0 amide bonds. The fraction of sp³-hybridized carbons (Fsp3) is 0.188. The first-order valence-electron chi connectivity index (χ1n) is 6.50. The highest BCUT2D eigenvalue weighted by molar-refractivity contribution is 6.17. The van der Waals surface area contributed by atoms with Crippen LogP contribution in [0.5, 0.6) is 0 Å². The van der Waals surface area contributed by atoms with E-state index in [1.165, 1.54) is 13.4 Å². The molecule has 1 aromatic carbocycles. The van der Waals surface area contributed by atoms with Gasteiger partial charge in [-0.15, -0.1) is 0 Å². The number of Topliss-reactive ketones (excluding diaryl/α,β-unsaturated/α-hetero) is 1. The second kappa shape index (κ2) is 5.36. The Labute approximate surface area is 121 Å². The van der Waals surface area contributed by atoms with Crippen LogP contribution in [-0.2, 0) is 19.1 Å². The van der Waals surface area contributed by atoms with Crippen LogP contribution in [0.4, 0.5) is 0 Å². The zero-order valence-corrected chi connectivity index (χ0v) is 11.4. The minimum atomic E-state index is -0.672. The summed E-state index contributed by atoms with van der Waals surface area (Å²) in [6.07, 6.45) is 4.29. The summed E-state index contributed by atoms with van der Waals surface area (Å²) >= 11 is 0. The zero-order chi connectivity index (χ0) is 14.8. The number of methoxy groups -OCH3 is 1. The first kappa shape index (κ1) is 13.3. The third-order valence-corrected chi connectivity index (χ3v) is 3.47. The summed E-state index contributed by atoms with van der Waals surface area (Å²) in [5.74, 6) is -0.958. The van der Waals surface area contributed by atoms with Crippen LogP contribution < -0.4 is 0 Å². The number of nitrogens with zero attached hydrogens (tertiary/aromatic N) is 1. The standard InChI is InChI=1S/C16H13NO4/c1-20-16(19)13-9-21-15(6-14(13)18)12-8-17-7-10-4-2-3-5-11(10)12/h2-5,7-9,15H,6H2,1H3. The SMILES string of the molecule is COC(=O)C1=COC(c2cncc3ccccc23)CC1=O. The molecule has 1 atom stereocenters. The summed E-state index contributed by atoms with van der Waals surface area (Å²) in [5.41, 5.74) is 0.781. The number of hydrogen-bond acceptors (Lipinski definition) is 5.